The molecule has 0 aromatic heterocycles. The highest BCUT2D eigenvalue weighted by Crippen LogP contribution is 2.13. The highest BCUT2D eigenvalue weighted by molar-refractivity contribution is 6.13. The van der Waals surface area contributed by atoms with Crippen LogP contribution < -0.4 is 0 Å². The third kappa shape index (κ3) is 5.21. The van der Waals surface area contributed by atoms with Crippen molar-refractivity contribution in [2.45, 2.75) is 25.5 Å². The van der Waals surface area contributed by atoms with E-state index in [1.165, 1.54) is 0 Å². The molecule has 0 aliphatic carbocycles. The maximum Gasteiger partial charge on any atom is 0.140 e. The number of hydrogen-bond acceptors (Lipinski definition) is 3. The summed E-state index contributed by atoms with van der Waals surface area (Å²) >= 11 is 0. The van der Waals surface area contributed by atoms with Crippen LogP contribution >= 0.6 is 0 Å². The van der Waals surface area contributed by atoms with E-state index in [2.05, 4.69) is 11.1 Å². The van der Waals surface area contributed by atoms with Crippen molar-refractivity contribution in [2.75, 3.05) is 0 Å². The summed E-state index contributed by atoms with van der Waals surface area (Å²) < 4.78 is 0. The van der Waals surface area contributed by atoms with Gasteiger partial charge in [0.15, 0.2) is 0 Å². The van der Waals surface area contributed by atoms with E-state index in [0.717, 1.165) is 16.8 Å². The summed E-state index contributed by atoms with van der Waals surface area (Å²) in [5.74, 6) is 0. The van der Waals surface area contributed by atoms with E-state index < -0.39 is 12.1 Å². The minimum absolute atomic E-state index is 0.477. The SMILES string of the molecule is C[C@H](O)/C=C/CC(C#N)N=C(c1ccccc1)c1ccccc1. The van der Waals surface area contributed by atoms with E-state index in [0.29, 0.717) is 6.42 Å². The van der Waals surface area contributed by atoms with Gasteiger partial charge in [-0.15, -0.1) is 0 Å². The molecule has 0 saturated heterocycles. The van der Waals surface area contributed by atoms with Crippen molar-refractivity contribution >= 4 is 5.71 Å². The fourth-order valence-electron chi connectivity index (χ4n) is 2.20. The lowest BCUT2D eigenvalue weighted by atomic mass is 10.0. The molecule has 116 valence electrons. The molecule has 3 heteroatoms. The number of benzene rings is 2. The van der Waals surface area contributed by atoms with Crippen molar-refractivity contribution < 1.29 is 5.11 Å². The maximum absolute atomic E-state index is 9.38. The zero-order valence-electron chi connectivity index (χ0n) is 13.1. The van der Waals surface area contributed by atoms with E-state index in [-0.39, 0.29) is 0 Å². The molecule has 2 atom stereocenters. The van der Waals surface area contributed by atoms with Crippen molar-refractivity contribution in [3.05, 3.63) is 83.9 Å². The summed E-state index contributed by atoms with van der Waals surface area (Å²) in [6.07, 6.45) is 3.44. The van der Waals surface area contributed by atoms with Crippen molar-refractivity contribution in [2.24, 2.45) is 4.99 Å². The summed E-state index contributed by atoms with van der Waals surface area (Å²) in [7, 11) is 0. The predicted octanol–water partition coefficient (Wildman–Crippen LogP) is 3.74. The van der Waals surface area contributed by atoms with Gasteiger partial charge >= 0.3 is 0 Å². The second-order valence-corrected chi connectivity index (χ2v) is 5.26. The van der Waals surface area contributed by atoms with E-state index in [1.807, 2.05) is 60.7 Å². The monoisotopic (exact) mass is 304 g/mol. The van der Waals surface area contributed by atoms with E-state index >= 15 is 0 Å². The number of aliphatic hydroxyl groups is 1. The van der Waals surface area contributed by atoms with Gasteiger partial charge in [0.05, 0.1) is 17.9 Å². The molecule has 0 saturated carbocycles. The average molecular weight is 304 g/mol. The second-order valence-electron chi connectivity index (χ2n) is 5.26. The minimum atomic E-state index is -0.513. The molecule has 3 nitrogen and oxygen atoms in total. The first-order valence-electron chi connectivity index (χ1n) is 7.63. The maximum atomic E-state index is 9.38. The number of rotatable bonds is 6. The van der Waals surface area contributed by atoms with Crippen LogP contribution in [0.5, 0.6) is 0 Å². The highest BCUT2D eigenvalue weighted by atomic mass is 16.3. The smallest absolute Gasteiger partial charge is 0.140 e. The third-order valence-electron chi connectivity index (χ3n) is 3.30. The lowest BCUT2D eigenvalue weighted by Gasteiger charge is -2.10. The number of aliphatic imine (C=N–C) groups is 1. The van der Waals surface area contributed by atoms with Crippen LogP contribution in [-0.2, 0) is 0 Å². The van der Waals surface area contributed by atoms with Crippen LogP contribution in [0.3, 0.4) is 0 Å². The average Bonchev–Trinajstić information content (AvgIpc) is 2.59. The number of hydrogen-bond donors (Lipinski definition) is 1. The van der Waals surface area contributed by atoms with Crippen LogP contribution in [-0.4, -0.2) is 23.0 Å². The first-order chi connectivity index (χ1) is 11.2. The Morgan fingerprint density at radius 3 is 2.04 bits per heavy atom. The molecule has 2 aromatic rings. The van der Waals surface area contributed by atoms with Crippen LogP contribution in [0.25, 0.3) is 0 Å². The van der Waals surface area contributed by atoms with E-state index in [4.69, 9.17) is 0 Å². The Morgan fingerprint density at radius 1 is 1.09 bits per heavy atom. The Kier molecular flexibility index (Phi) is 6.28. The van der Waals surface area contributed by atoms with Gasteiger partial charge in [-0.05, 0) is 6.92 Å². The van der Waals surface area contributed by atoms with Crippen molar-refractivity contribution in [1.82, 2.24) is 0 Å². The molecule has 0 amide bonds. The van der Waals surface area contributed by atoms with Crippen molar-refractivity contribution in [1.29, 1.82) is 5.26 Å². The first kappa shape index (κ1) is 16.7. The fourth-order valence-corrected chi connectivity index (χ4v) is 2.20. The van der Waals surface area contributed by atoms with E-state index in [1.54, 1.807) is 19.1 Å². The molecule has 0 bridgehead atoms. The van der Waals surface area contributed by atoms with Gasteiger partial charge in [-0.25, -0.2) is 0 Å². The number of nitrogens with zero attached hydrogens (tertiary/aromatic N) is 2. The molecule has 0 radical (unpaired) electrons. The molecular formula is C20H20N2O. The normalized spacial score (nSPS) is 13.3. The molecule has 1 N–H and O–H groups in total. The van der Waals surface area contributed by atoms with Gasteiger partial charge in [0, 0.05) is 17.5 Å². The Hall–Kier alpha value is -2.70. The topological polar surface area (TPSA) is 56.4 Å². The predicted molar refractivity (Wildman–Crippen MR) is 93.4 cm³/mol. The van der Waals surface area contributed by atoms with Gasteiger partial charge in [0.2, 0.25) is 0 Å². The van der Waals surface area contributed by atoms with Gasteiger partial charge in [0.25, 0.3) is 0 Å². The summed E-state index contributed by atoms with van der Waals surface area (Å²) in [6, 6.07) is 21.5. The van der Waals surface area contributed by atoms with Crippen molar-refractivity contribution in [3.8, 4) is 6.07 Å². The van der Waals surface area contributed by atoms with Gasteiger partial charge in [-0.1, -0.05) is 72.8 Å². The van der Waals surface area contributed by atoms with Gasteiger partial charge in [-0.2, -0.15) is 5.26 Å². The zero-order valence-corrected chi connectivity index (χ0v) is 13.1. The highest BCUT2D eigenvalue weighted by Gasteiger charge is 2.10. The lowest BCUT2D eigenvalue weighted by Crippen LogP contribution is -2.10. The molecule has 0 spiro atoms. The molecule has 0 aliphatic heterocycles. The largest absolute Gasteiger partial charge is 0.389 e. The molecule has 2 rings (SSSR count). The third-order valence-corrected chi connectivity index (χ3v) is 3.30. The molecule has 0 heterocycles. The molecule has 2 aromatic carbocycles. The van der Waals surface area contributed by atoms with Gasteiger partial charge in [-0.3, -0.25) is 4.99 Å². The standard InChI is InChI=1S/C20H20N2O/c1-16(23)9-8-14-19(15-21)22-20(17-10-4-2-5-11-17)18-12-6-3-7-13-18/h2-13,16,19,23H,14H2,1H3/b9-8+/t16-,19?/m0/s1. The minimum Gasteiger partial charge on any atom is -0.389 e. The summed E-state index contributed by atoms with van der Waals surface area (Å²) in [6.45, 7) is 1.68. The Labute approximate surface area is 137 Å². The summed E-state index contributed by atoms with van der Waals surface area (Å²) in [4.78, 5) is 4.65. The van der Waals surface area contributed by atoms with E-state index in [9.17, 15) is 10.4 Å². The zero-order chi connectivity index (χ0) is 16.5. The van der Waals surface area contributed by atoms with Crippen LogP contribution in [0.2, 0.25) is 0 Å². The van der Waals surface area contributed by atoms with Gasteiger partial charge in [0.1, 0.15) is 6.04 Å². The number of nitriles is 1. The Bertz CT molecular complexity index is 656. The molecule has 0 aliphatic rings. The second kappa shape index (κ2) is 8.67. The lowest BCUT2D eigenvalue weighted by molar-refractivity contribution is 0.244. The molecule has 1 unspecified atom stereocenters. The molecular weight excluding hydrogens is 284 g/mol. The first-order valence-corrected chi connectivity index (χ1v) is 7.63. The molecule has 0 fully saturated rings. The van der Waals surface area contributed by atoms with Crippen LogP contribution in [0, 0.1) is 11.3 Å². The summed E-state index contributed by atoms with van der Waals surface area (Å²) in [5, 5.41) is 18.7. The Balaban J connectivity index is 2.35. The fraction of sp³-hybridized carbons (Fsp3) is 0.200. The van der Waals surface area contributed by atoms with Gasteiger partial charge < -0.3 is 5.11 Å². The van der Waals surface area contributed by atoms with Crippen LogP contribution in [0.4, 0.5) is 0 Å². The summed E-state index contributed by atoms with van der Waals surface area (Å²) in [5.41, 5.74) is 2.78. The van der Waals surface area contributed by atoms with Crippen LogP contribution in [0.15, 0.2) is 77.8 Å². The number of aliphatic hydroxyl groups excluding tert-OH is 1. The quantitative estimate of drug-likeness (QED) is 0.653. The molecule has 23 heavy (non-hydrogen) atoms. The van der Waals surface area contributed by atoms with Crippen LogP contribution in [0.1, 0.15) is 24.5 Å². The Morgan fingerprint density at radius 2 is 1.61 bits per heavy atom. The van der Waals surface area contributed by atoms with Crippen molar-refractivity contribution in [3.63, 3.8) is 0 Å².